The maximum absolute atomic E-state index is 12.7. The van der Waals surface area contributed by atoms with E-state index in [4.69, 9.17) is 5.11 Å². The fourth-order valence-corrected chi connectivity index (χ4v) is 4.38. The lowest BCUT2D eigenvalue weighted by Crippen LogP contribution is -2.39. The van der Waals surface area contributed by atoms with E-state index in [0.717, 1.165) is 16.0 Å². The summed E-state index contributed by atoms with van der Waals surface area (Å²) in [7, 11) is 0. The first-order valence-corrected chi connectivity index (χ1v) is 10.4. The molecule has 1 aliphatic rings. The number of rotatable bonds is 6. The topological polar surface area (TPSA) is 112 Å². The number of amides is 3. The summed E-state index contributed by atoms with van der Waals surface area (Å²) in [6, 6.07) is 11.3. The van der Waals surface area contributed by atoms with Crippen molar-refractivity contribution in [2.75, 3.05) is 5.32 Å². The summed E-state index contributed by atoms with van der Waals surface area (Å²) in [6.45, 7) is 2.65. The number of fused-ring (bicyclic) bond motifs is 1. The first-order valence-electron chi connectivity index (χ1n) is 9.63. The molecule has 1 aromatic carbocycles. The third kappa shape index (κ3) is 4.41. The van der Waals surface area contributed by atoms with Crippen molar-refractivity contribution in [1.29, 1.82) is 0 Å². The number of carbonyl (C=O) groups is 3. The molecular weight excluding hydrogens is 416 g/mol. The van der Waals surface area contributed by atoms with Crippen LogP contribution in [0.15, 0.2) is 54.9 Å². The van der Waals surface area contributed by atoms with Crippen molar-refractivity contribution >= 4 is 34.9 Å². The standard InChI is InChI=1S/C22H20N4O4S/c1-13(15-2-4-16(5-3-15)21(28)29)26-12-19-17(25-22(26)30)10-18(31-19)20(27)24-11-14-6-8-23-9-7-14/h2-10,13H,11-12H2,1H3,(H,24,27)(H,25,30)(H,28,29). The summed E-state index contributed by atoms with van der Waals surface area (Å²) in [4.78, 5) is 43.3. The van der Waals surface area contributed by atoms with Gasteiger partial charge in [-0.1, -0.05) is 12.1 Å². The number of carboxylic acid groups (broad SMARTS) is 1. The van der Waals surface area contributed by atoms with Crippen LogP contribution in [0.25, 0.3) is 0 Å². The molecule has 3 aromatic rings. The van der Waals surface area contributed by atoms with Gasteiger partial charge in [-0.15, -0.1) is 11.3 Å². The number of carboxylic acids is 1. The van der Waals surface area contributed by atoms with E-state index < -0.39 is 5.97 Å². The van der Waals surface area contributed by atoms with Gasteiger partial charge in [0.25, 0.3) is 5.91 Å². The van der Waals surface area contributed by atoms with Gasteiger partial charge in [0.15, 0.2) is 0 Å². The Morgan fingerprint density at radius 1 is 1.23 bits per heavy atom. The Kier molecular flexibility index (Phi) is 5.68. The van der Waals surface area contributed by atoms with Crippen LogP contribution in [0, 0.1) is 0 Å². The molecule has 0 spiro atoms. The normalized spacial score (nSPS) is 13.8. The number of nitrogens with one attached hydrogen (secondary N) is 2. The minimum Gasteiger partial charge on any atom is -0.478 e. The van der Waals surface area contributed by atoms with Gasteiger partial charge in [-0.2, -0.15) is 0 Å². The molecule has 3 amide bonds. The number of nitrogens with zero attached hydrogens (tertiary/aromatic N) is 2. The predicted octanol–water partition coefficient (Wildman–Crippen LogP) is 3.88. The Morgan fingerprint density at radius 2 is 1.94 bits per heavy atom. The Hall–Kier alpha value is -3.72. The Balaban J connectivity index is 1.46. The molecule has 0 bridgehead atoms. The van der Waals surface area contributed by atoms with Crippen molar-refractivity contribution in [2.24, 2.45) is 0 Å². The van der Waals surface area contributed by atoms with Gasteiger partial charge in [-0.25, -0.2) is 9.59 Å². The average molecular weight is 436 g/mol. The number of benzene rings is 1. The monoisotopic (exact) mass is 436 g/mol. The van der Waals surface area contributed by atoms with Crippen LogP contribution in [0.3, 0.4) is 0 Å². The van der Waals surface area contributed by atoms with Crippen LogP contribution < -0.4 is 10.6 Å². The van der Waals surface area contributed by atoms with Crippen LogP contribution in [0.2, 0.25) is 0 Å². The number of aromatic nitrogens is 1. The lowest BCUT2D eigenvalue weighted by atomic mass is 10.0. The van der Waals surface area contributed by atoms with Gasteiger partial charge in [0, 0.05) is 23.8 Å². The number of pyridine rings is 1. The first-order chi connectivity index (χ1) is 14.9. The molecule has 3 N–H and O–H groups in total. The summed E-state index contributed by atoms with van der Waals surface area (Å²) < 4.78 is 0. The minimum atomic E-state index is -0.993. The second-order valence-corrected chi connectivity index (χ2v) is 8.28. The molecule has 0 saturated carbocycles. The summed E-state index contributed by atoms with van der Waals surface area (Å²) in [5.74, 6) is -1.19. The Bertz CT molecular complexity index is 1130. The van der Waals surface area contributed by atoms with Crippen LogP contribution in [0.1, 0.15) is 49.0 Å². The average Bonchev–Trinajstić information content (AvgIpc) is 3.20. The molecule has 8 nitrogen and oxygen atoms in total. The minimum absolute atomic E-state index is 0.196. The second kappa shape index (κ2) is 8.57. The number of anilines is 1. The molecule has 2 aromatic heterocycles. The third-order valence-corrected chi connectivity index (χ3v) is 6.28. The first kappa shape index (κ1) is 20.5. The van der Waals surface area contributed by atoms with Crippen LogP contribution in [0.5, 0.6) is 0 Å². The number of hydrogen-bond acceptors (Lipinski definition) is 5. The highest BCUT2D eigenvalue weighted by Crippen LogP contribution is 2.35. The summed E-state index contributed by atoms with van der Waals surface area (Å²) in [5, 5.41) is 14.8. The highest BCUT2D eigenvalue weighted by Gasteiger charge is 2.30. The largest absolute Gasteiger partial charge is 0.478 e. The van der Waals surface area contributed by atoms with E-state index >= 15 is 0 Å². The van der Waals surface area contributed by atoms with Gasteiger partial charge in [0.1, 0.15) is 0 Å². The van der Waals surface area contributed by atoms with Crippen molar-refractivity contribution in [2.45, 2.75) is 26.1 Å². The highest BCUT2D eigenvalue weighted by atomic mass is 32.1. The quantitative estimate of drug-likeness (QED) is 0.543. The molecule has 4 rings (SSSR count). The predicted molar refractivity (Wildman–Crippen MR) is 116 cm³/mol. The molecule has 1 atom stereocenters. The third-order valence-electron chi connectivity index (χ3n) is 5.16. The molecule has 0 radical (unpaired) electrons. The van der Waals surface area contributed by atoms with Crippen LogP contribution >= 0.6 is 11.3 Å². The molecule has 0 aliphatic carbocycles. The maximum atomic E-state index is 12.7. The van der Waals surface area contributed by atoms with E-state index in [2.05, 4.69) is 15.6 Å². The molecular formula is C22H20N4O4S. The Morgan fingerprint density at radius 3 is 2.61 bits per heavy atom. The summed E-state index contributed by atoms with van der Waals surface area (Å²) in [5.41, 5.74) is 2.62. The second-order valence-electron chi connectivity index (χ2n) is 7.15. The molecule has 158 valence electrons. The molecule has 31 heavy (non-hydrogen) atoms. The smallest absolute Gasteiger partial charge is 0.335 e. The van der Waals surface area contributed by atoms with E-state index in [1.165, 1.54) is 23.5 Å². The highest BCUT2D eigenvalue weighted by molar-refractivity contribution is 7.14. The zero-order chi connectivity index (χ0) is 22.0. The number of thiophene rings is 1. The van der Waals surface area contributed by atoms with Crippen molar-refractivity contribution in [1.82, 2.24) is 15.2 Å². The van der Waals surface area contributed by atoms with E-state index in [1.54, 1.807) is 35.5 Å². The van der Waals surface area contributed by atoms with Crippen LogP contribution in [-0.2, 0) is 13.1 Å². The SMILES string of the molecule is CC(c1ccc(C(=O)O)cc1)N1Cc2sc(C(=O)NCc3ccncc3)cc2NC1=O. The van der Waals surface area contributed by atoms with Crippen molar-refractivity contribution in [3.63, 3.8) is 0 Å². The van der Waals surface area contributed by atoms with E-state index in [-0.39, 0.29) is 23.5 Å². The zero-order valence-electron chi connectivity index (χ0n) is 16.7. The van der Waals surface area contributed by atoms with Gasteiger partial charge in [-0.05, 0) is 48.4 Å². The van der Waals surface area contributed by atoms with Crippen molar-refractivity contribution < 1.29 is 19.5 Å². The van der Waals surface area contributed by atoms with Gasteiger partial charge in [0.2, 0.25) is 0 Å². The molecule has 9 heteroatoms. The molecule has 0 saturated heterocycles. The molecule has 1 aliphatic heterocycles. The lowest BCUT2D eigenvalue weighted by Gasteiger charge is -2.33. The molecule has 1 unspecified atom stereocenters. The maximum Gasteiger partial charge on any atom is 0.335 e. The van der Waals surface area contributed by atoms with Crippen molar-refractivity contribution in [3.8, 4) is 0 Å². The zero-order valence-corrected chi connectivity index (χ0v) is 17.5. The van der Waals surface area contributed by atoms with E-state index in [0.29, 0.717) is 23.7 Å². The van der Waals surface area contributed by atoms with Gasteiger partial charge < -0.3 is 20.6 Å². The van der Waals surface area contributed by atoms with Crippen LogP contribution in [0.4, 0.5) is 10.5 Å². The van der Waals surface area contributed by atoms with Gasteiger partial charge in [-0.3, -0.25) is 9.78 Å². The summed E-state index contributed by atoms with van der Waals surface area (Å²) in [6.07, 6.45) is 3.34. The fourth-order valence-electron chi connectivity index (χ4n) is 3.34. The number of urea groups is 1. The lowest BCUT2D eigenvalue weighted by molar-refractivity contribution is 0.0696. The number of carbonyl (C=O) groups excluding carboxylic acids is 2. The molecule has 0 fully saturated rings. The summed E-state index contributed by atoms with van der Waals surface area (Å²) >= 11 is 1.34. The molecule has 3 heterocycles. The van der Waals surface area contributed by atoms with Crippen LogP contribution in [-0.4, -0.2) is 32.9 Å². The van der Waals surface area contributed by atoms with Gasteiger partial charge >= 0.3 is 12.0 Å². The Labute approximate surface area is 182 Å². The number of aromatic carboxylic acids is 1. The number of hydrogen-bond donors (Lipinski definition) is 3. The van der Waals surface area contributed by atoms with Gasteiger partial charge in [0.05, 0.1) is 28.7 Å². The fraction of sp³-hybridized carbons (Fsp3) is 0.182. The van der Waals surface area contributed by atoms with Crippen molar-refractivity contribution in [3.05, 3.63) is 81.3 Å². The van der Waals surface area contributed by atoms with E-state index in [1.807, 2.05) is 19.1 Å². The van der Waals surface area contributed by atoms with E-state index in [9.17, 15) is 14.4 Å².